The molecule has 0 aromatic heterocycles. The summed E-state index contributed by atoms with van der Waals surface area (Å²) in [7, 11) is 0. The number of carbonyl (C=O) groups is 1. The Morgan fingerprint density at radius 1 is 1.06 bits per heavy atom. The molecule has 0 spiro atoms. The highest BCUT2D eigenvalue weighted by Gasteiger charge is 2.65. The van der Waals surface area contributed by atoms with Gasteiger partial charge in [0.1, 0.15) is 6.10 Å². The first-order valence-corrected chi connectivity index (χ1v) is 14.7. The zero-order valence-electron chi connectivity index (χ0n) is 24.1. The quantitative estimate of drug-likeness (QED) is 0.225. The van der Waals surface area contributed by atoms with Crippen molar-refractivity contribution in [1.82, 2.24) is 0 Å². The number of epoxide rings is 1. The van der Waals surface area contributed by atoms with Gasteiger partial charge in [-0.3, -0.25) is 4.79 Å². The van der Waals surface area contributed by atoms with Gasteiger partial charge >= 0.3 is 5.97 Å². The highest BCUT2D eigenvalue weighted by atomic mass is 16.6. The molecule has 4 fully saturated rings. The molecule has 1 heterocycles. The van der Waals surface area contributed by atoms with Crippen LogP contribution in [0.1, 0.15) is 120 Å². The summed E-state index contributed by atoms with van der Waals surface area (Å²) in [6, 6.07) is 0. The third-order valence-electron chi connectivity index (χ3n) is 12.9. The van der Waals surface area contributed by atoms with Crippen molar-refractivity contribution in [3.63, 3.8) is 0 Å². The van der Waals surface area contributed by atoms with E-state index in [9.17, 15) is 4.79 Å². The Morgan fingerprint density at radius 2 is 1.74 bits per heavy atom. The second-order valence-corrected chi connectivity index (χ2v) is 15.2. The van der Waals surface area contributed by atoms with E-state index < -0.39 is 0 Å². The van der Waals surface area contributed by atoms with Crippen LogP contribution in [0.15, 0.2) is 11.6 Å². The minimum atomic E-state index is -0.123. The van der Waals surface area contributed by atoms with Crippen molar-refractivity contribution in [2.75, 3.05) is 0 Å². The fourth-order valence-electron chi connectivity index (χ4n) is 10.4. The Hall–Kier alpha value is -0.830. The zero-order valence-corrected chi connectivity index (χ0v) is 24.1. The lowest BCUT2D eigenvalue weighted by molar-refractivity contribution is -0.174. The second kappa shape index (κ2) is 8.08. The van der Waals surface area contributed by atoms with Crippen LogP contribution in [0, 0.1) is 45.3 Å². The fourth-order valence-corrected chi connectivity index (χ4v) is 10.4. The van der Waals surface area contributed by atoms with Crippen molar-refractivity contribution in [2.24, 2.45) is 45.3 Å². The van der Waals surface area contributed by atoms with Crippen LogP contribution in [0.5, 0.6) is 0 Å². The summed E-state index contributed by atoms with van der Waals surface area (Å²) in [6.07, 6.45) is 14.5. The normalized spacial score (nSPS) is 48.1. The van der Waals surface area contributed by atoms with Gasteiger partial charge in [0.15, 0.2) is 0 Å². The van der Waals surface area contributed by atoms with Gasteiger partial charge < -0.3 is 9.47 Å². The maximum atomic E-state index is 11.8. The molecular formula is C32H52O3. The van der Waals surface area contributed by atoms with E-state index in [0.717, 1.165) is 24.7 Å². The molecule has 1 saturated heterocycles. The highest BCUT2D eigenvalue weighted by Crippen LogP contribution is 2.73. The minimum Gasteiger partial charge on any atom is -0.462 e. The maximum absolute atomic E-state index is 11.8. The monoisotopic (exact) mass is 484 g/mol. The molecule has 5 aliphatic rings. The van der Waals surface area contributed by atoms with Crippen LogP contribution in [0.2, 0.25) is 0 Å². The molecule has 3 nitrogen and oxygen atoms in total. The summed E-state index contributed by atoms with van der Waals surface area (Å²) >= 11 is 0. The van der Waals surface area contributed by atoms with Crippen LogP contribution >= 0.6 is 0 Å². The number of esters is 1. The number of ether oxygens (including phenoxy) is 2. The van der Waals surface area contributed by atoms with Gasteiger partial charge in [0, 0.05) is 12.3 Å². The van der Waals surface area contributed by atoms with Gasteiger partial charge in [0.25, 0.3) is 0 Å². The van der Waals surface area contributed by atoms with Crippen molar-refractivity contribution in [1.29, 1.82) is 0 Å². The number of fused-ring (bicyclic) bond motifs is 5. The number of hydrogen-bond donors (Lipinski definition) is 0. The predicted molar refractivity (Wildman–Crippen MR) is 142 cm³/mol. The van der Waals surface area contributed by atoms with Crippen molar-refractivity contribution in [3.8, 4) is 0 Å². The van der Waals surface area contributed by atoms with Crippen molar-refractivity contribution in [2.45, 2.75) is 138 Å². The molecule has 0 unspecified atom stereocenters. The summed E-state index contributed by atoms with van der Waals surface area (Å²) in [5.74, 6) is 2.73. The van der Waals surface area contributed by atoms with Crippen molar-refractivity contribution < 1.29 is 14.3 Å². The van der Waals surface area contributed by atoms with Gasteiger partial charge in [-0.05, 0) is 112 Å². The van der Waals surface area contributed by atoms with E-state index in [1.165, 1.54) is 44.9 Å². The molecule has 0 radical (unpaired) electrons. The smallest absolute Gasteiger partial charge is 0.302 e. The average Bonchev–Trinajstić information content (AvgIpc) is 3.26. The first-order valence-electron chi connectivity index (χ1n) is 14.7. The fraction of sp³-hybridized carbons (Fsp3) is 0.906. The Kier molecular flexibility index (Phi) is 5.96. The average molecular weight is 485 g/mol. The molecule has 1 aliphatic heterocycles. The topological polar surface area (TPSA) is 38.8 Å². The summed E-state index contributed by atoms with van der Waals surface area (Å²) < 4.78 is 11.8. The van der Waals surface area contributed by atoms with Crippen LogP contribution in [0.4, 0.5) is 0 Å². The molecule has 3 heteroatoms. The molecule has 9 atom stereocenters. The van der Waals surface area contributed by atoms with E-state index in [-0.39, 0.29) is 23.1 Å². The van der Waals surface area contributed by atoms with Gasteiger partial charge in [-0.15, -0.1) is 0 Å². The molecule has 0 amide bonds. The Morgan fingerprint density at radius 3 is 2.37 bits per heavy atom. The van der Waals surface area contributed by atoms with Crippen LogP contribution < -0.4 is 0 Å². The summed E-state index contributed by atoms with van der Waals surface area (Å²) in [6.45, 7) is 21.2. The molecule has 0 N–H and O–H groups in total. The number of rotatable bonds is 5. The van der Waals surface area contributed by atoms with Gasteiger partial charge in [-0.1, -0.05) is 53.2 Å². The van der Waals surface area contributed by atoms with E-state index in [1.807, 2.05) is 5.57 Å². The standard InChI is InChI=1S/C32H52O3/c1-20(10-13-27-29(5,6)35-27)22-14-18-32(9)24-11-12-25-28(3,4)26(34-21(2)33)16-17-30(25,7)23(24)15-19-31(22,32)8/h11,20,22-23,25-27H,10,12-19H2,1-9H3/t20-,22+,23+,25+,26+,27+,30-,31+,32-/m1/s1. The van der Waals surface area contributed by atoms with Gasteiger partial charge in [0.2, 0.25) is 0 Å². The number of allylic oxidation sites excluding steroid dienone is 2. The molecule has 198 valence electrons. The lowest BCUT2D eigenvalue weighted by atomic mass is 9.41. The maximum Gasteiger partial charge on any atom is 0.302 e. The lowest BCUT2D eigenvalue weighted by Gasteiger charge is -2.64. The molecule has 0 bridgehead atoms. The second-order valence-electron chi connectivity index (χ2n) is 15.2. The molecule has 0 aromatic rings. The number of carbonyl (C=O) groups excluding carboxylic acids is 1. The van der Waals surface area contributed by atoms with Crippen LogP contribution in [-0.2, 0) is 14.3 Å². The summed E-state index contributed by atoms with van der Waals surface area (Å²) in [5, 5.41) is 0. The molecule has 5 rings (SSSR count). The van der Waals surface area contributed by atoms with E-state index in [4.69, 9.17) is 9.47 Å². The zero-order chi connectivity index (χ0) is 25.6. The van der Waals surface area contributed by atoms with E-state index in [0.29, 0.717) is 34.2 Å². The summed E-state index contributed by atoms with van der Waals surface area (Å²) in [4.78, 5) is 11.8. The lowest BCUT2D eigenvalue weighted by Crippen LogP contribution is -2.58. The van der Waals surface area contributed by atoms with Crippen LogP contribution in [0.25, 0.3) is 0 Å². The molecular weight excluding hydrogens is 432 g/mol. The number of hydrogen-bond acceptors (Lipinski definition) is 3. The van der Waals surface area contributed by atoms with Gasteiger partial charge in [0.05, 0.1) is 11.7 Å². The van der Waals surface area contributed by atoms with E-state index >= 15 is 0 Å². The third-order valence-corrected chi connectivity index (χ3v) is 12.9. The van der Waals surface area contributed by atoms with Crippen LogP contribution in [-0.4, -0.2) is 23.8 Å². The molecule has 0 aromatic carbocycles. The van der Waals surface area contributed by atoms with Crippen molar-refractivity contribution in [3.05, 3.63) is 11.6 Å². The Bertz CT molecular complexity index is 900. The first kappa shape index (κ1) is 25.8. The highest BCUT2D eigenvalue weighted by molar-refractivity contribution is 5.66. The van der Waals surface area contributed by atoms with Gasteiger partial charge in [-0.25, -0.2) is 0 Å². The molecule has 3 saturated carbocycles. The first-order chi connectivity index (χ1) is 16.2. The van der Waals surface area contributed by atoms with Crippen LogP contribution in [0.3, 0.4) is 0 Å². The molecule has 35 heavy (non-hydrogen) atoms. The van der Waals surface area contributed by atoms with E-state index in [2.05, 4.69) is 61.5 Å². The van der Waals surface area contributed by atoms with Crippen molar-refractivity contribution >= 4 is 5.97 Å². The SMILES string of the molecule is CC(=O)O[C@H]1CC[C@]2(C)[C@H]3CC[C@@]4(C)[C@H]([C@H](C)CC[C@@H]5OC5(C)C)CC[C@]4(C)C3=CC[C@H]2C1(C)C. The predicted octanol–water partition coefficient (Wildman–Crippen LogP) is 8.12. The summed E-state index contributed by atoms with van der Waals surface area (Å²) in [5.41, 5.74) is 3.00. The Balaban J connectivity index is 1.38. The third kappa shape index (κ3) is 3.71. The molecule has 4 aliphatic carbocycles. The van der Waals surface area contributed by atoms with E-state index in [1.54, 1.807) is 6.92 Å². The Labute approximate surface area is 215 Å². The largest absolute Gasteiger partial charge is 0.462 e. The minimum absolute atomic E-state index is 0.0216. The van der Waals surface area contributed by atoms with Gasteiger partial charge in [-0.2, -0.15) is 0 Å².